The van der Waals surface area contributed by atoms with Crippen molar-refractivity contribution in [3.8, 4) is 0 Å². The van der Waals surface area contributed by atoms with Crippen molar-refractivity contribution in [1.29, 1.82) is 0 Å². The lowest BCUT2D eigenvalue weighted by atomic mass is 10.0. The first-order chi connectivity index (χ1) is 13.5. The molecule has 0 bridgehead atoms. The molecule has 0 aliphatic heterocycles. The highest BCUT2D eigenvalue weighted by Crippen LogP contribution is 2.23. The monoisotopic (exact) mass is 436 g/mol. The zero-order valence-corrected chi connectivity index (χ0v) is 17.3. The Morgan fingerprint density at radius 2 is 1.43 bits per heavy atom. The second-order valence-electron chi connectivity index (χ2n) is 6.55. The van der Waals surface area contributed by atoms with E-state index in [0.29, 0.717) is 15.6 Å². The van der Waals surface area contributed by atoms with Crippen molar-refractivity contribution in [2.24, 2.45) is 0 Å². The van der Waals surface area contributed by atoms with Gasteiger partial charge in [-0.2, -0.15) is 0 Å². The molecule has 3 aromatic rings. The number of benzene rings is 3. The van der Waals surface area contributed by atoms with Crippen molar-refractivity contribution >= 4 is 33.4 Å². The summed E-state index contributed by atoms with van der Waals surface area (Å²) in [5.41, 5.74) is 3.90. The zero-order chi connectivity index (χ0) is 20.1. The van der Waals surface area contributed by atoms with Crippen LogP contribution in [0.25, 0.3) is 0 Å². The summed E-state index contributed by atoms with van der Waals surface area (Å²) >= 11 is 3.39. The average Bonchev–Trinajstić information content (AvgIpc) is 2.69. The second kappa shape index (κ2) is 8.85. The zero-order valence-electron chi connectivity index (χ0n) is 15.7. The summed E-state index contributed by atoms with van der Waals surface area (Å²) in [5, 5.41) is 5.85. The fourth-order valence-electron chi connectivity index (χ4n) is 3.01. The van der Waals surface area contributed by atoms with Gasteiger partial charge in [-0.25, -0.2) is 0 Å². The van der Waals surface area contributed by atoms with E-state index in [1.54, 1.807) is 18.2 Å². The standard InChI is InChI=1S/C23H21BrN2O2/c1-15-9-8-10-16(2)20(15)25-23(28)21(17-11-4-3-5-12-17)26-22(27)18-13-6-7-14-19(18)24/h3-14,21H,1-2H3,(H,25,28)(H,26,27)/t21-/m1/s1. The number of hydrogen-bond donors (Lipinski definition) is 2. The van der Waals surface area contributed by atoms with E-state index in [9.17, 15) is 9.59 Å². The summed E-state index contributed by atoms with van der Waals surface area (Å²) in [4.78, 5) is 26.0. The smallest absolute Gasteiger partial charge is 0.253 e. The number of aryl methyl sites for hydroxylation is 2. The molecule has 0 fully saturated rings. The topological polar surface area (TPSA) is 58.2 Å². The minimum absolute atomic E-state index is 0.288. The normalized spacial score (nSPS) is 11.5. The number of carbonyl (C=O) groups is 2. The molecule has 0 unspecified atom stereocenters. The number of halogens is 1. The molecule has 0 spiro atoms. The van der Waals surface area contributed by atoms with Crippen LogP contribution in [0.4, 0.5) is 5.69 Å². The van der Waals surface area contributed by atoms with E-state index in [4.69, 9.17) is 0 Å². The average molecular weight is 437 g/mol. The number of hydrogen-bond acceptors (Lipinski definition) is 2. The Labute approximate surface area is 173 Å². The largest absolute Gasteiger partial charge is 0.336 e. The second-order valence-corrected chi connectivity index (χ2v) is 7.41. The molecule has 0 heterocycles. The maximum absolute atomic E-state index is 13.1. The molecule has 0 aromatic heterocycles. The van der Waals surface area contributed by atoms with Crippen LogP contribution in [0.5, 0.6) is 0 Å². The number of anilines is 1. The lowest BCUT2D eigenvalue weighted by molar-refractivity contribution is -0.118. The van der Waals surface area contributed by atoms with Crippen LogP contribution in [-0.2, 0) is 4.79 Å². The van der Waals surface area contributed by atoms with Gasteiger partial charge in [-0.3, -0.25) is 9.59 Å². The van der Waals surface area contributed by atoms with E-state index in [1.807, 2.05) is 68.4 Å². The minimum atomic E-state index is -0.820. The van der Waals surface area contributed by atoms with E-state index in [0.717, 1.165) is 16.8 Å². The minimum Gasteiger partial charge on any atom is -0.336 e. The van der Waals surface area contributed by atoms with Crippen LogP contribution >= 0.6 is 15.9 Å². The Morgan fingerprint density at radius 1 is 0.821 bits per heavy atom. The Kier molecular flexibility index (Phi) is 6.26. The highest BCUT2D eigenvalue weighted by atomic mass is 79.9. The fraction of sp³-hybridized carbons (Fsp3) is 0.130. The van der Waals surface area contributed by atoms with E-state index in [-0.39, 0.29) is 11.8 Å². The predicted molar refractivity (Wildman–Crippen MR) is 115 cm³/mol. The molecular formula is C23H21BrN2O2. The molecule has 4 nitrogen and oxygen atoms in total. The summed E-state index contributed by atoms with van der Waals surface area (Å²) in [6, 6.07) is 21.4. The molecule has 2 amide bonds. The lowest BCUT2D eigenvalue weighted by Crippen LogP contribution is -2.37. The molecule has 142 valence electrons. The number of amides is 2. The van der Waals surface area contributed by atoms with Gasteiger partial charge in [-0.15, -0.1) is 0 Å². The number of para-hydroxylation sites is 1. The first-order valence-corrected chi connectivity index (χ1v) is 9.74. The van der Waals surface area contributed by atoms with E-state index >= 15 is 0 Å². The van der Waals surface area contributed by atoms with Gasteiger partial charge in [0.1, 0.15) is 6.04 Å². The van der Waals surface area contributed by atoms with Crippen LogP contribution in [0.3, 0.4) is 0 Å². The molecule has 0 saturated heterocycles. The fourth-order valence-corrected chi connectivity index (χ4v) is 3.47. The van der Waals surface area contributed by atoms with E-state index in [1.165, 1.54) is 0 Å². The Morgan fingerprint density at radius 3 is 2.07 bits per heavy atom. The first kappa shape index (κ1) is 19.8. The molecule has 2 N–H and O–H groups in total. The number of rotatable bonds is 5. The molecule has 0 saturated carbocycles. The summed E-state index contributed by atoms with van der Waals surface area (Å²) in [5.74, 6) is -0.609. The van der Waals surface area contributed by atoms with Crippen LogP contribution in [0.1, 0.15) is 33.1 Å². The maximum atomic E-state index is 13.1. The van der Waals surface area contributed by atoms with Crippen LogP contribution < -0.4 is 10.6 Å². The van der Waals surface area contributed by atoms with Gasteiger partial charge in [0, 0.05) is 10.2 Å². The van der Waals surface area contributed by atoms with Crippen LogP contribution in [-0.4, -0.2) is 11.8 Å². The third-order valence-electron chi connectivity index (χ3n) is 4.52. The number of nitrogens with one attached hydrogen (secondary N) is 2. The molecule has 0 aliphatic carbocycles. The van der Waals surface area contributed by atoms with Crippen molar-refractivity contribution in [1.82, 2.24) is 5.32 Å². The molecule has 0 radical (unpaired) electrons. The Hall–Kier alpha value is -2.92. The lowest BCUT2D eigenvalue weighted by Gasteiger charge is -2.21. The van der Waals surface area contributed by atoms with Gasteiger partial charge in [0.15, 0.2) is 0 Å². The molecule has 0 aliphatic rings. The third-order valence-corrected chi connectivity index (χ3v) is 5.21. The van der Waals surface area contributed by atoms with Gasteiger partial charge in [0.2, 0.25) is 0 Å². The molecule has 1 atom stereocenters. The highest BCUT2D eigenvalue weighted by molar-refractivity contribution is 9.10. The van der Waals surface area contributed by atoms with Crippen LogP contribution in [0.2, 0.25) is 0 Å². The van der Waals surface area contributed by atoms with Crippen molar-refractivity contribution in [2.75, 3.05) is 5.32 Å². The van der Waals surface area contributed by atoms with Gasteiger partial charge in [-0.1, -0.05) is 60.7 Å². The van der Waals surface area contributed by atoms with Gasteiger partial charge in [0.25, 0.3) is 11.8 Å². The highest BCUT2D eigenvalue weighted by Gasteiger charge is 2.25. The Bertz CT molecular complexity index is 982. The summed E-state index contributed by atoms with van der Waals surface area (Å²) in [6.45, 7) is 3.89. The van der Waals surface area contributed by atoms with Gasteiger partial charge in [0.05, 0.1) is 5.56 Å². The maximum Gasteiger partial charge on any atom is 0.253 e. The van der Waals surface area contributed by atoms with E-state index < -0.39 is 6.04 Å². The predicted octanol–water partition coefficient (Wildman–Crippen LogP) is 5.18. The summed E-state index contributed by atoms with van der Waals surface area (Å²) < 4.78 is 0.675. The van der Waals surface area contributed by atoms with Gasteiger partial charge in [-0.05, 0) is 58.6 Å². The SMILES string of the molecule is Cc1cccc(C)c1NC(=O)[C@H](NC(=O)c1ccccc1Br)c1ccccc1. The van der Waals surface area contributed by atoms with Crippen LogP contribution in [0, 0.1) is 13.8 Å². The molecule has 3 rings (SSSR count). The quantitative estimate of drug-likeness (QED) is 0.578. The van der Waals surface area contributed by atoms with Gasteiger partial charge >= 0.3 is 0 Å². The molecule has 3 aromatic carbocycles. The molecule has 28 heavy (non-hydrogen) atoms. The van der Waals surface area contributed by atoms with Crippen molar-refractivity contribution < 1.29 is 9.59 Å². The Balaban J connectivity index is 1.90. The molecular weight excluding hydrogens is 416 g/mol. The third kappa shape index (κ3) is 4.49. The first-order valence-electron chi connectivity index (χ1n) is 8.95. The van der Waals surface area contributed by atoms with Crippen molar-refractivity contribution in [3.63, 3.8) is 0 Å². The van der Waals surface area contributed by atoms with Crippen molar-refractivity contribution in [2.45, 2.75) is 19.9 Å². The summed E-state index contributed by atoms with van der Waals surface area (Å²) in [6.07, 6.45) is 0. The number of carbonyl (C=O) groups excluding carboxylic acids is 2. The van der Waals surface area contributed by atoms with Crippen LogP contribution in [0.15, 0.2) is 77.3 Å². The summed E-state index contributed by atoms with van der Waals surface area (Å²) in [7, 11) is 0. The van der Waals surface area contributed by atoms with Crippen molar-refractivity contribution in [3.05, 3.63) is 99.5 Å². The van der Waals surface area contributed by atoms with E-state index in [2.05, 4.69) is 26.6 Å². The molecule has 5 heteroatoms. The van der Waals surface area contributed by atoms with Gasteiger partial charge < -0.3 is 10.6 Å².